The Hall–Kier alpha value is -7.72. The molecular weight excluding hydrogens is 829 g/mol. The predicted molar refractivity (Wildman–Crippen MR) is 263 cm³/mol. The van der Waals surface area contributed by atoms with E-state index in [1.165, 1.54) is 12.2 Å². The van der Waals surface area contributed by atoms with Crippen LogP contribution in [0.5, 0.6) is 0 Å². The van der Waals surface area contributed by atoms with Crippen molar-refractivity contribution in [1.82, 2.24) is 0 Å². The van der Waals surface area contributed by atoms with Gasteiger partial charge in [0.05, 0.1) is 26.4 Å². The number of rotatable bonds is 20. The van der Waals surface area contributed by atoms with Crippen molar-refractivity contribution in [3.63, 3.8) is 0 Å². The average molecular weight is 887 g/mol. The molecule has 0 atom stereocenters. The minimum absolute atomic E-state index is 0.171. The van der Waals surface area contributed by atoms with Gasteiger partial charge in [-0.1, -0.05) is 84.9 Å². The first-order valence-electron chi connectivity index (χ1n) is 22.3. The van der Waals surface area contributed by atoms with Gasteiger partial charge in [-0.2, -0.15) is 0 Å². The molecule has 0 saturated heterocycles. The van der Waals surface area contributed by atoms with Crippen molar-refractivity contribution in [2.75, 3.05) is 36.2 Å². The number of nitrogens with zero attached hydrogens (tertiary/aromatic N) is 2. The lowest BCUT2D eigenvalue weighted by Crippen LogP contribution is -2.10. The summed E-state index contributed by atoms with van der Waals surface area (Å²) in [6.07, 6.45) is 8.38. The van der Waals surface area contributed by atoms with Crippen molar-refractivity contribution in [3.8, 4) is 0 Å². The van der Waals surface area contributed by atoms with Crippen LogP contribution in [0.1, 0.15) is 62.8 Å². The van der Waals surface area contributed by atoms with Gasteiger partial charge in [0.2, 0.25) is 0 Å². The summed E-state index contributed by atoms with van der Waals surface area (Å²) in [5, 5.41) is 0. The molecule has 0 saturated carbocycles. The van der Waals surface area contributed by atoms with E-state index in [0.29, 0.717) is 52.1 Å². The number of benzene rings is 6. The van der Waals surface area contributed by atoms with Gasteiger partial charge in [-0.25, -0.2) is 9.59 Å². The molecule has 0 spiro atoms. The second kappa shape index (κ2) is 26.8. The van der Waals surface area contributed by atoms with Crippen LogP contribution in [-0.4, -0.2) is 50.3 Å². The first kappa shape index (κ1) is 49.3. The third-order valence-corrected chi connectivity index (χ3v) is 9.96. The number of esters is 4. The Balaban J connectivity index is 0.000000247. The summed E-state index contributed by atoms with van der Waals surface area (Å²) in [5.74, 6) is -1.06. The number of anilines is 6. The summed E-state index contributed by atoms with van der Waals surface area (Å²) in [7, 11) is 0. The third kappa shape index (κ3) is 15.8. The fourth-order valence-corrected chi connectivity index (χ4v) is 6.81. The maximum absolute atomic E-state index is 11.6. The molecule has 0 unspecified atom stereocenters. The number of carbonyl (C=O) groups is 4. The number of carbonyl (C=O) groups excluding carboxylic acids is 4. The van der Waals surface area contributed by atoms with Gasteiger partial charge in [0.25, 0.3) is 0 Å². The Kier molecular flexibility index (Phi) is 20.0. The van der Waals surface area contributed by atoms with Crippen LogP contribution in [-0.2, 0) is 51.0 Å². The molecule has 0 heterocycles. The smallest absolute Gasteiger partial charge is 0.330 e. The molecule has 0 fully saturated rings. The molecular formula is C56H58N2O8. The van der Waals surface area contributed by atoms with Crippen LogP contribution < -0.4 is 9.80 Å². The van der Waals surface area contributed by atoms with Gasteiger partial charge in [0.1, 0.15) is 0 Å². The number of para-hydroxylation sites is 2. The lowest BCUT2D eigenvalue weighted by atomic mass is 10.1. The number of hydrogen-bond acceptors (Lipinski definition) is 10. The standard InChI is InChI=1S/C28H31NO4.C28H27NO4/c2*1-3-32-27(30)20-14-22-10-16-25(17-11-22)29(24-8-6-5-7-9-24)26-18-12-23(13-19-26)15-21-28(31)33-4-2/h5-13,16-19H,3-4,14-15,20-21H2,1-2H3;5-21H,3-4H2,1-2H3/b;20-14+,21-15+. The normalized spacial score (nSPS) is 10.7. The number of ether oxygens (including phenoxy) is 4. The van der Waals surface area contributed by atoms with Gasteiger partial charge >= 0.3 is 23.9 Å². The van der Waals surface area contributed by atoms with E-state index in [-0.39, 0.29) is 23.9 Å². The average Bonchev–Trinajstić information content (AvgIpc) is 3.34. The van der Waals surface area contributed by atoms with Gasteiger partial charge < -0.3 is 28.7 Å². The fraction of sp³-hybridized carbons (Fsp3) is 0.214. The molecule has 6 aromatic carbocycles. The highest BCUT2D eigenvalue weighted by Crippen LogP contribution is 2.36. The van der Waals surface area contributed by atoms with Crippen LogP contribution in [0.25, 0.3) is 12.2 Å². The topological polar surface area (TPSA) is 112 Å². The molecule has 0 aliphatic heterocycles. The van der Waals surface area contributed by atoms with Gasteiger partial charge in [0.15, 0.2) is 0 Å². The van der Waals surface area contributed by atoms with Crippen molar-refractivity contribution in [1.29, 1.82) is 0 Å². The van der Waals surface area contributed by atoms with Crippen LogP contribution in [0.4, 0.5) is 34.1 Å². The largest absolute Gasteiger partial charge is 0.466 e. The molecule has 0 aliphatic rings. The van der Waals surface area contributed by atoms with E-state index in [2.05, 4.69) is 70.5 Å². The predicted octanol–water partition coefficient (Wildman–Crippen LogP) is 12.5. The van der Waals surface area contributed by atoms with E-state index in [4.69, 9.17) is 18.9 Å². The summed E-state index contributed by atoms with van der Waals surface area (Å²) in [6, 6.07) is 52.6. The Bertz CT molecular complexity index is 2330. The van der Waals surface area contributed by atoms with Crippen molar-refractivity contribution in [2.45, 2.75) is 53.4 Å². The number of aryl methyl sites for hydroxylation is 2. The van der Waals surface area contributed by atoms with E-state index >= 15 is 0 Å². The van der Waals surface area contributed by atoms with Crippen molar-refractivity contribution in [3.05, 3.63) is 192 Å². The molecule has 10 heteroatoms. The highest BCUT2D eigenvalue weighted by Gasteiger charge is 2.14. The van der Waals surface area contributed by atoms with E-state index in [0.717, 1.165) is 56.4 Å². The molecule has 0 amide bonds. The molecule has 10 nitrogen and oxygen atoms in total. The van der Waals surface area contributed by atoms with E-state index < -0.39 is 0 Å². The fourth-order valence-electron chi connectivity index (χ4n) is 6.81. The van der Waals surface area contributed by atoms with Crippen LogP contribution in [0.15, 0.2) is 170 Å². The van der Waals surface area contributed by atoms with Gasteiger partial charge in [-0.3, -0.25) is 9.59 Å². The zero-order valence-electron chi connectivity index (χ0n) is 38.1. The Morgan fingerprint density at radius 2 is 0.667 bits per heavy atom. The summed E-state index contributed by atoms with van der Waals surface area (Å²) in [6.45, 7) is 8.72. The number of hydrogen-bond donors (Lipinski definition) is 0. The Morgan fingerprint density at radius 1 is 0.379 bits per heavy atom. The summed E-state index contributed by atoms with van der Waals surface area (Å²) in [4.78, 5) is 50.7. The van der Waals surface area contributed by atoms with E-state index in [9.17, 15) is 19.2 Å². The molecule has 0 aromatic heterocycles. The van der Waals surface area contributed by atoms with Crippen LogP contribution in [0, 0.1) is 0 Å². The Morgan fingerprint density at radius 3 is 0.970 bits per heavy atom. The van der Waals surface area contributed by atoms with Gasteiger partial charge in [0, 0.05) is 59.1 Å². The highest BCUT2D eigenvalue weighted by atomic mass is 16.5. The maximum atomic E-state index is 11.6. The summed E-state index contributed by atoms with van der Waals surface area (Å²) < 4.78 is 19.9. The second-order valence-corrected chi connectivity index (χ2v) is 14.6. The monoisotopic (exact) mass is 886 g/mol. The van der Waals surface area contributed by atoms with Gasteiger partial charge in [-0.15, -0.1) is 0 Å². The minimum Gasteiger partial charge on any atom is -0.466 e. The molecule has 340 valence electrons. The Labute approximate surface area is 388 Å². The van der Waals surface area contributed by atoms with Crippen molar-refractivity contribution < 1.29 is 38.1 Å². The van der Waals surface area contributed by atoms with Crippen LogP contribution >= 0.6 is 0 Å². The van der Waals surface area contributed by atoms with Crippen molar-refractivity contribution >= 4 is 70.2 Å². The summed E-state index contributed by atoms with van der Waals surface area (Å²) >= 11 is 0. The molecule has 6 aromatic rings. The van der Waals surface area contributed by atoms with Gasteiger partial charge in [-0.05, 0) is 148 Å². The highest BCUT2D eigenvalue weighted by molar-refractivity contribution is 5.88. The second-order valence-electron chi connectivity index (χ2n) is 14.6. The van der Waals surface area contributed by atoms with Crippen LogP contribution in [0.2, 0.25) is 0 Å². The van der Waals surface area contributed by atoms with E-state index in [1.54, 1.807) is 26.0 Å². The first-order chi connectivity index (χ1) is 32.2. The molecule has 0 radical (unpaired) electrons. The maximum Gasteiger partial charge on any atom is 0.330 e. The zero-order chi connectivity index (χ0) is 46.9. The quantitative estimate of drug-likeness (QED) is 0.0417. The van der Waals surface area contributed by atoms with Crippen molar-refractivity contribution in [2.24, 2.45) is 0 Å². The lowest BCUT2D eigenvalue weighted by molar-refractivity contribution is -0.144. The molecule has 0 bridgehead atoms. The third-order valence-electron chi connectivity index (χ3n) is 9.96. The molecule has 0 N–H and O–H groups in total. The van der Waals surface area contributed by atoms with E-state index in [1.807, 2.05) is 111 Å². The molecule has 6 rings (SSSR count). The zero-order valence-corrected chi connectivity index (χ0v) is 38.1. The van der Waals surface area contributed by atoms with Crippen LogP contribution in [0.3, 0.4) is 0 Å². The SMILES string of the molecule is CCOC(=O)/C=C/c1ccc(N(c2ccccc2)c2ccc(/C=C/C(=O)OCC)cc2)cc1.CCOC(=O)CCc1ccc(N(c2ccccc2)c2ccc(CCC(=O)OCC)cc2)cc1. The minimum atomic E-state index is -0.357. The molecule has 0 aliphatic carbocycles. The summed E-state index contributed by atoms with van der Waals surface area (Å²) in [5.41, 5.74) is 10.1. The first-order valence-corrected chi connectivity index (χ1v) is 22.3. The lowest BCUT2D eigenvalue weighted by Gasteiger charge is -2.26. The molecule has 66 heavy (non-hydrogen) atoms.